The molecular formula is C24H22N2O2. The van der Waals surface area contributed by atoms with Gasteiger partial charge >= 0.3 is 0 Å². The predicted octanol–water partition coefficient (Wildman–Crippen LogP) is 4.76. The first-order valence-corrected chi connectivity index (χ1v) is 9.42. The zero-order chi connectivity index (χ0) is 19.7. The van der Waals surface area contributed by atoms with Gasteiger partial charge in [0, 0.05) is 29.0 Å². The van der Waals surface area contributed by atoms with E-state index in [-0.39, 0.29) is 11.8 Å². The molecule has 0 bridgehead atoms. The molecule has 1 aliphatic rings. The molecule has 4 nitrogen and oxygen atoms in total. The van der Waals surface area contributed by atoms with Crippen molar-refractivity contribution in [1.82, 2.24) is 0 Å². The largest absolute Gasteiger partial charge is 0.322 e. The molecule has 1 N–H and O–H groups in total. The van der Waals surface area contributed by atoms with Gasteiger partial charge in [-0.15, -0.1) is 0 Å². The summed E-state index contributed by atoms with van der Waals surface area (Å²) >= 11 is 0. The highest BCUT2D eigenvalue weighted by Gasteiger charge is 2.25. The lowest BCUT2D eigenvalue weighted by Crippen LogP contribution is -2.28. The molecule has 1 aliphatic heterocycles. The third kappa shape index (κ3) is 3.29. The number of fused-ring (bicyclic) bond motifs is 1. The minimum atomic E-state index is -0.178. The SMILES string of the molecule is Cc1cccc(C)c1NC(=O)c1ccc(C(=O)N2CCc3ccccc32)cc1. The van der Waals surface area contributed by atoms with Gasteiger partial charge in [0.05, 0.1) is 0 Å². The summed E-state index contributed by atoms with van der Waals surface area (Å²) < 4.78 is 0. The van der Waals surface area contributed by atoms with E-state index in [9.17, 15) is 9.59 Å². The molecule has 0 fully saturated rings. The lowest BCUT2D eigenvalue weighted by atomic mass is 10.1. The minimum absolute atomic E-state index is 0.0355. The number of nitrogens with zero attached hydrogens (tertiary/aromatic N) is 1. The predicted molar refractivity (Wildman–Crippen MR) is 112 cm³/mol. The number of nitrogens with one attached hydrogen (secondary N) is 1. The Labute approximate surface area is 164 Å². The van der Waals surface area contributed by atoms with Crippen LogP contribution in [0.4, 0.5) is 11.4 Å². The normalized spacial score (nSPS) is 12.6. The van der Waals surface area contributed by atoms with Crippen molar-refractivity contribution in [2.45, 2.75) is 20.3 Å². The summed E-state index contributed by atoms with van der Waals surface area (Å²) in [5.41, 5.74) is 6.16. The highest BCUT2D eigenvalue weighted by molar-refractivity contribution is 6.09. The summed E-state index contributed by atoms with van der Waals surface area (Å²) in [5, 5.41) is 2.98. The van der Waals surface area contributed by atoms with Crippen LogP contribution in [-0.2, 0) is 6.42 Å². The summed E-state index contributed by atoms with van der Waals surface area (Å²) in [4.78, 5) is 27.3. The summed E-state index contributed by atoms with van der Waals surface area (Å²) in [5.74, 6) is -0.213. The van der Waals surface area contributed by atoms with Crippen LogP contribution in [0, 0.1) is 13.8 Å². The van der Waals surface area contributed by atoms with Gasteiger partial charge in [-0.05, 0) is 67.3 Å². The summed E-state index contributed by atoms with van der Waals surface area (Å²) in [7, 11) is 0. The van der Waals surface area contributed by atoms with Crippen molar-refractivity contribution in [3.05, 3.63) is 94.5 Å². The Morgan fingerprint density at radius 1 is 0.821 bits per heavy atom. The number of hydrogen-bond acceptors (Lipinski definition) is 2. The van der Waals surface area contributed by atoms with Gasteiger partial charge < -0.3 is 10.2 Å². The Balaban J connectivity index is 1.51. The second kappa shape index (κ2) is 7.31. The number of anilines is 2. The van der Waals surface area contributed by atoms with E-state index in [0.29, 0.717) is 17.7 Å². The molecule has 0 atom stereocenters. The molecule has 0 spiro atoms. The molecule has 0 saturated heterocycles. The number of para-hydroxylation sites is 2. The molecule has 4 heteroatoms. The minimum Gasteiger partial charge on any atom is -0.322 e. The van der Waals surface area contributed by atoms with Crippen LogP contribution in [0.15, 0.2) is 66.7 Å². The summed E-state index contributed by atoms with van der Waals surface area (Å²) in [6.07, 6.45) is 0.873. The van der Waals surface area contributed by atoms with Gasteiger partial charge in [0.2, 0.25) is 0 Å². The average molecular weight is 370 g/mol. The molecule has 1 heterocycles. The number of hydrogen-bond donors (Lipinski definition) is 1. The Hall–Kier alpha value is -3.40. The number of rotatable bonds is 3. The topological polar surface area (TPSA) is 49.4 Å². The molecule has 3 aromatic carbocycles. The highest BCUT2D eigenvalue weighted by atomic mass is 16.2. The van der Waals surface area contributed by atoms with Gasteiger partial charge in [-0.3, -0.25) is 9.59 Å². The zero-order valence-corrected chi connectivity index (χ0v) is 16.0. The van der Waals surface area contributed by atoms with Gasteiger partial charge in [-0.1, -0.05) is 36.4 Å². The van der Waals surface area contributed by atoms with Crippen LogP contribution in [0.3, 0.4) is 0 Å². The Kier molecular flexibility index (Phi) is 4.70. The lowest BCUT2D eigenvalue weighted by Gasteiger charge is -2.17. The number of benzene rings is 3. The van der Waals surface area contributed by atoms with Crippen LogP contribution in [0.2, 0.25) is 0 Å². The zero-order valence-electron chi connectivity index (χ0n) is 16.0. The number of carbonyl (C=O) groups excluding carboxylic acids is 2. The second-order valence-electron chi connectivity index (χ2n) is 7.13. The standard InChI is InChI=1S/C24H22N2O2/c1-16-6-5-7-17(2)22(16)25-23(27)19-10-12-20(13-11-19)24(28)26-15-14-18-8-3-4-9-21(18)26/h3-13H,14-15H2,1-2H3,(H,25,27). The molecule has 0 aromatic heterocycles. The smallest absolute Gasteiger partial charge is 0.258 e. The van der Waals surface area contributed by atoms with Gasteiger partial charge in [-0.25, -0.2) is 0 Å². The van der Waals surface area contributed by atoms with Gasteiger partial charge in [0.1, 0.15) is 0 Å². The van der Waals surface area contributed by atoms with Crippen molar-refractivity contribution in [3.63, 3.8) is 0 Å². The second-order valence-corrected chi connectivity index (χ2v) is 7.13. The van der Waals surface area contributed by atoms with Crippen molar-refractivity contribution in [2.75, 3.05) is 16.8 Å². The lowest BCUT2D eigenvalue weighted by molar-refractivity contribution is 0.0986. The molecular weight excluding hydrogens is 348 g/mol. The van der Waals surface area contributed by atoms with E-state index in [1.807, 2.05) is 50.2 Å². The number of carbonyl (C=O) groups is 2. The van der Waals surface area contributed by atoms with Crippen LogP contribution in [-0.4, -0.2) is 18.4 Å². The van der Waals surface area contributed by atoms with Gasteiger partial charge in [-0.2, -0.15) is 0 Å². The van der Waals surface area contributed by atoms with Crippen LogP contribution >= 0.6 is 0 Å². The number of amides is 2. The van der Waals surface area contributed by atoms with Crippen LogP contribution < -0.4 is 10.2 Å². The van der Waals surface area contributed by atoms with Crippen molar-refractivity contribution >= 4 is 23.2 Å². The van der Waals surface area contributed by atoms with E-state index in [1.54, 1.807) is 29.2 Å². The van der Waals surface area contributed by atoms with E-state index < -0.39 is 0 Å². The van der Waals surface area contributed by atoms with Crippen molar-refractivity contribution in [2.24, 2.45) is 0 Å². The van der Waals surface area contributed by atoms with Crippen LogP contribution in [0.1, 0.15) is 37.4 Å². The van der Waals surface area contributed by atoms with E-state index in [2.05, 4.69) is 11.4 Å². The molecule has 0 aliphatic carbocycles. The summed E-state index contributed by atoms with van der Waals surface area (Å²) in [6, 6.07) is 20.8. The molecule has 0 unspecified atom stereocenters. The van der Waals surface area contributed by atoms with Crippen LogP contribution in [0.25, 0.3) is 0 Å². The summed E-state index contributed by atoms with van der Waals surface area (Å²) in [6.45, 7) is 4.63. The maximum atomic E-state index is 12.9. The van der Waals surface area contributed by atoms with Crippen LogP contribution in [0.5, 0.6) is 0 Å². The van der Waals surface area contributed by atoms with Gasteiger partial charge in [0.25, 0.3) is 11.8 Å². The first-order valence-electron chi connectivity index (χ1n) is 9.42. The number of aryl methyl sites for hydroxylation is 2. The molecule has 2 amide bonds. The third-order valence-electron chi connectivity index (χ3n) is 5.25. The fraction of sp³-hybridized carbons (Fsp3) is 0.167. The van der Waals surface area contributed by atoms with E-state index in [4.69, 9.17) is 0 Å². The van der Waals surface area contributed by atoms with Gasteiger partial charge in [0.15, 0.2) is 0 Å². The monoisotopic (exact) mass is 370 g/mol. The molecule has 28 heavy (non-hydrogen) atoms. The highest BCUT2D eigenvalue weighted by Crippen LogP contribution is 2.29. The Morgan fingerprint density at radius 3 is 2.18 bits per heavy atom. The molecule has 0 radical (unpaired) electrons. The molecule has 0 saturated carbocycles. The fourth-order valence-electron chi connectivity index (χ4n) is 3.67. The Bertz CT molecular complexity index is 1030. The average Bonchev–Trinajstić information content (AvgIpc) is 3.14. The maximum absolute atomic E-state index is 12.9. The first-order chi connectivity index (χ1) is 13.5. The molecule has 4 rings (SSSR count). The maximum Gasteiger partial charge on any atom is 0.258 e. The Morgan fingerprint density at radius 2 is 1.46 bits per heavy atom. The molecule has 140 valence electrons. The quantitative estimate of drug-likeness (QED) is 0.723. The van der Waals surface area contributed by atoms with E-state index >= 15 is 0 Å². The van der Waals surface area contributed by atoms with Crippen molar-refractivity contribution in [3.8, 4) is 0 Å². The fourth-order valence-corrected chi connectivity index (χ4v) is 3.67. The van der Waals surface area contributed by atoms with Crippen molar-refractivity contribution < 1.29 is 9.59 Å². The third-order valence-corrected chi connectivity index (χ3v) is 5.25. The first kappa shape index (κ1) is 18.0. The van der Waals surface area contributed by atoms with E-state index in [0.717, 1.165) is 28.9 Å². The molecule has 3 aromatic rings. The van der Waals surface area contributed by atoms with E-state index in [1.165, 1.54) is 5.56 Å². The van der Waals surface area contributed by atoms with Crippen molar-refractivity contribution in [1.29, 1.82) is 0 Å².